The predicted molar refractivity (Wildman–Crippen MR) is 58.5 cm³/mol. The molecular formula is C10H13NO2S. The van der Waals surface area contributed by atoms with Gasteiger partial charge in [-0.25, -0.2) is 4.79 Å². The molecule has 14 heavy (non-hydrogen) atoms. The number of ether oxygens (including phenoxy) is 1. The molecule has 0 atom stereocenters. The van der Waals surface area contributed by atoms with Crippen LogP contribution in [0.15, 0.2) is 24.3 Å². The van der Waals surface area contributed by atoms with Gasteiger partial charge < -0.3 is 10.1 Å². The summed E-state index contributed by atoms with van der Waals surface area (Å²) in [7, 11) is 1.37. The Morgan fingerprint density at radius 2 is 2.07 bits per heavy atom. The first-order valence-corrected chi connectivity index (χ1v) is 4.90. The molecular weight excluding hydrogens is 198 g/mol. The van der Waals surface area contributed by atoms with Gasteiger partial charge >= 0.3 is 5.97 Å². The Bertz CT molecular complexity index is 297. The quantitative estimate of drug-likeness (QED) is 0.450. The number of carbonyl (C=O) groups excluding carboxylic acids is 1. The minimum atomic E-state index is -0.307. The summed E-state index contributed by atoms with van der Waals surface area (Å²) in [5.74, 6) is 0.331. The monoisotopic (exact) mass is 211 g/mol. The van der Waals surface area contributed by atoms with E-state index in [0.717, 1.165) is 12.1 Å². The minimum Gasteiger partial charge on any atom is -0.465 e. The van der Waals surface area contributed by atoms with E-state index in [-0.39, 0.29) is 5.97 Å². The van der Waals surface area contributed by atoms with Gasteiger partial charge in [-0.15, -0.1) is 0 Å². The first-order chi connectivity index (χ1) is 6.77. The van der Waals surface area contributed by atoms with Crippen LogP contribution in [0.1, 0.15) is 15.9 Å². The fraction of sp³-hybridized carbons (Fsp3) is 0.300. The van der Waals surface area contributed by atoms with E-state index >= 15 is 0 Å². The van der Waals surface area contributed by atoms with Crippen molar-refractivity contribution in [2.75, 3.05) is 13.0 Å². The molecule has 4 heteroatoms. The van der Waals surface area contributed by atoms with Crippen molar-refractivity contribution in [3.05, 3.63) is 35.4 Å². The van der Waals surface area contributed by atoms with Gasteiger partial charge in [-0.1, -0.05) is 12.1 Å². The predicted octanol–water partition coefficient (Wildman–Crippen LogP) is 1.45. The first kappa shape index (κ1) is 11.1. The molecule has 0 aliphatic heterocycles. The van der Waals surface area contributed by atoms with Crippen molar-refractivity contribution in [2.45, 2.75) is 6.54 Å². The molecule has 76 valence electrons. The van der Waals surface area contributed by atoms with Gasteiger partial charge in [-0.05, 0) is 17.7 Å². The molecule has 1 N–H and O–H groups in total. The van der Waals surface area contributed by atoms with Gasteiger partial charge in [0.15, 0.2) is 0 Å². The molecule has 0 saturated heterocycles. The van der Waals surface area contributed by atoms with Crippen LogP contribution in [0.4, 0.5) is 0 Å². The maximum atomic E-state index is 11.1. The zero-order valence-electron chi connectivity index (χ0n) is 7.99. The summed E-state index contributed by atoms with van der Waals surface area (Å²) in [6, 6.07) is 7.29. The van der Waals surface area contributed by atoms with Crippen molar-refractivity contribution < 1.29 is 9.53 Å². The van der Waals surface area contributed by atoms with E-state index in [0.29, 0.717) is 11.4 Å². The van der Waals surface area contributed by atoms with Gasteiger partial charge in [0, 0.05) is 12.4 Å². The van der Waals surface area contributed by atoms with Gasteiger partial charge in [-0.3, -0.25) is 0 Å². The first-order valence-electron chi connectivity index (χ1n) is 4.26. The number of hydrogen-bond donors (Lipinski definition) is 2. The van der Waals surface area contributed by atoms with E-state index in [1.807, 2.05) is 12.1 Å². The Labute approximate surface area is 88.9 Å². The molecule has 0 fully saturated rings. The average Bonchev–Trinajstić information content (AvgIpc) is 2.26. The SMILES string of the molecule is COC(=O)c1ccc(CNCS)cc1. The van der Waals surface area contributed by atoms with Crippen molar-refractivity contribution in [1.82, 2.24) is 5.32 Å². The number of methoxy groups -OCH3 is 1. The molecule has 1 aromatic carbocycles. The minimum absolute atomic E-state index is 0.307. The molecule has 0 saturated carbocycles. The highest BCUT2D eigenvalue weighted by atomic mass is 32.1. The van der Waals surface area contributed by atoms with E-state index in [2.05, 4.69) is 22.7 Å². The van der Waals surface area contributed by atoms with Crippen LogP contribution in [0, 0.1) is 0 Å². The molecule has 0 aliphatic rings. The third-order valence-corrected chi connectivity index (χ3v) is 2.04. The fourth-order valence-electron chi connectivity index (χ4n) is 1.08. The summed E-state index contributed by atoms with van der Waals surface area (Å²) in [6.45, 7) is 0.755. The Hall–Kier alpha value is -1.00. The fourth-order valence-corrected chi connectivity index (χ4v) is 1.19. The normalized spacial score (nSPS) is 9.86. The summed E-state index contributed by atoms with van der Waals surface area (Å²) >= 11 is 4.03. The average molecular weight is 211 g/mol. The molecule has 0 radical (unpaired) electrons. The molecule has 0 aromatic heterocycles. The maximum absolute atomic E-state index is 11.1. The summed E-state index contributed by atoms with van der Waals surface area (Å²) in [5.41, 5.74) is 1.69. The highest BCUT2D eigenvalue weighted by Crippen LogP contribution is 2.05. The van der Waals surface area contributed by atoms with E-state index in [1.54, 1.807) is 12.1 Å². The lowest BCUT2D eigenvalue weighted by molar-refractivity contribution is 0.0600. The number of rotatable bonds is 4. The summed E-state index contributed by atoms with van der Waals surface area (Å²) in [6.07, 6.45) is 0. The van der Waals surface area contributed by atoms with Gasteiger partial charge in [0.05, 0.1) is 12.7 Å². The van der Waals surface area contributed by atoms with Crippen LogP contribution in [0.3, 0.4) is 0 Å². The standard InChI is InChI=1S/C10H13NO2S/c1-13-10(12)9-4-2-8(3-5-9)6-11-7-14/h2-5,11,14H,6-7H2,1H3. The topological polar surface area (TPSA) is 38.3 Å². The summed E-state index contributed by atoms with van der Waals surface area (Å²) in [4.78, 5) is 11.1. The van der Waals surface area contributed by atoms with E-state index in [9.17, 15) is 4.79 Å². The van der Waals surface area contributed by atoms with Gasteiger partial charge in [-0.2, -0.15) is 12.6 Å². The molecule has 0 bridgehead atoms. The van der Waals surface area contributed by atoms with Crippen molar-refractivity contribution in [1.29, 1.82) is 0 Å². The Morgan fingerprint density at radius 3 is 2.57 bits per heavy atom. The Kier molecular flexibility index (Phi) is 4.49. The lowest BCUT2D eigenvalue weighted by Gasteiger charge is -2.03. The van der Waals surface area contributed by atoms with Crippen LogP contribution in [-0.2, 0) is 11.3 Å². The van der Waals surface area contributed by atoms with Crippen LogP contribution >= 0.6 is 12.6 Å². The van der Waals surface area contributed by atoms with Crippen molar-refractivity contribution >= 4 is 18.6 Å². The highest BCUT2D eigenvalue weighted by Gasteiger charge is 2.03. The maximum Gasteiger partial charge on any atom is 0.337 e. The van der Waals surface area contributed by atoms with Crippen molar-refractivity contribution in [3.63, 3.8) is 0 Å². The van der Waals surface area contributed by atoms with Crippen LogP contribution < -0.4 is 5.32 Å². The van der Waals surface area contributed by atoms with E-state index < -0.39 is 0 Å². The molecule has 0 unspecified atom stereocenters. The smallest absolute Gasteiger partial charge is 0.337 e. The lowest BCUT2D eigenvalue weighted by atomic mass is 10.1. The Balaban J connectivity index is 2.63. The van der Waals surface area contributed by atoms with Gasteiger partial charge in [0.2, 0.25) is 0 Å². The second kappa shape index (κ2) is 5.67. The number of benzene rings is 1. The van der Waals surface area contributed by atoms with Crippen LogP contribution in [0.5, 0.6) is 0 Å². The van der Waals surface area contributed by atoms with Crippen molar-refractivity contribution in [3.8, 4) is 0 Å². The Morgan fingerprint density at radius 1 is 1.43 bits per heavy atom. The third kappa shape index (κ3) is 3.05. The molecule has 1 aromatic rings. The molecule has 0 heterocycles. The lowest BCUT2D eigenvalue weighted by Crippen LogP contribution is -2.10. The van der Waals surface area contributed by atoms with Gasteiger partial charge in [0.25, 0.3) is 0 Å². The molecule has 0 amide bonds. The molecule has 1 rings (SSSR count). The molecule has 3 nitrogen and oxygen atoms in total. The van der Waals surface area contributed by atoms with Crippen LogP contribution in [0.2, 0.25) is 0 Å². The zero-order chi connectivity index (χ0) is 10.4. The zero-order valence-corrected chi connectivity index (χ0v) is 8.88. The number of hydrogen-bond acceptors (Lipinski definition) is 4. The van der Waals surface area contributed by atoms with Crippen molar-refractivity contribution in [2.24, 2.45) is 0 Å². The number of thiol groups is 1. The third-order valence-electron chi connectivity index (χ3n) is 1.82. The summed E-state index contributed by atoms with van der Waals surface area (Å²) in [5, 5.41) is 3.08. The molecule has 0 spiro atoms. The summed E-state index contributed by atoms with van der Waals surface area (Å²) < 4.78 is 4.59. The largest absolute Gasteiger partial charge is 0.465 e. The van der Waals surface area contributed by atoms with Crippen LogP contribution in [-0.4, -0.2) is 19.0 Å². The second-order valence-corrected chi connectivity index (χ2v) is 3.09. The number of esters is 1. The second-order valence-electron chi connectivity index (χ2n) is 2.77. The number of nitrogens with one attached hydrogen (secondary N) is 1. The highest BCUT2D eigenvalue weighted by molar-refractivity contribution is 7.80. The number of carbonyl (C=O) groups is 1. The van der Waals surface area contributed by atoms with E-state index in [1.165, 1.54) is 7.11 Å². The van der Waals surface area contributed by atoms with Crippen LogP contribution in [0.25, 0.3) is 0 Å². The molecule has 0 aliphatic carbocycles. The van der Waals surface area contributed by atoms with Gasteiger partial charge in [0.1, 0.15) is 0 Å². The van der Waals surface area contributed by atoms with E-state index in [4.69, 9.17) is 0 Å².